The molecule has 2 rings (SSSR count). The van der Waals surface area contributed by atoms with Crippen LogP contribution in [0, 0.1) is 11.8 Å². The Balaban J connectivity index is 2.07. The first-order chi connectivity index (χ1) is 4.38. The molecule has 9 heavy (non-hydrogen) atoms. The van der Waals surface area contributed by atoms with Gasteiger partial charge in [0.1, 0.15) is 0 Å². The first-order valence-corrected chi connectivity index (χ1v) is 3.69. The van der Waals surface area contributed by atoms with E-state index in [1.807, 2.05) is 0 Å². The van der Waals surface area contributed by atoms with Crippen molar-refractivity contribution in [2.45, 2.75) is 13.0 Å². The minimum Gasteiger partial charge on any atom is -0.381 e. The van der Waals surface area contributed by atoms with Crippen LogP contribution in [0.5, 0.6) is 0 Å². The second-order valence-corrected chi connectivity index (χ2v) is 3.16. The molecule has 0 amide bonds. The SMILES string of the molecule is CC1NCC2COCC21. The van der Waals surface area contributed by atoms with Crippen LogP contribution in [0.3, 0.4) is 0 Å². The Hall–Kier alpha value is -0.0800. The molecule has 3 atom stereocenters. The van der Waals surface area contributed by atoms with Gasteiger partial charge in [0.05, 0.1) is 13.2 Å². The molecule has 0 aliphatic carbocycles. The molecule has 0 spiro atoms. The smallest absolute Gasteiger partial charge is 0.0513 e. The van der Waals surface area contributed by atoms with Crippen LogP contribution in [-0.2, 0) is 4.74 Å². The summed E-state index contributed by atoms with van der Waals surface area (Å²) in [6, 6.07) is 0.692. The third-order valence-electron chi connectivity index (χ3n) is 2.59. The lowest BCUT2D eigenvalue weighted by atomic mass is 9.95. The molecule has 3 unspecified atom stereocenters. The Kier molecular flexibility index (Phi) is 1.24. The quantitative estimate of drug-likeness (QED) is 0.503. The molecule has 0 aromatic heterocycles. The molecule has 0 radical (unpaired) electrons. The summed E-state index contributed by atoms with van der Waals surface area (Å²) in [6.07, 6.45) is 0. The maximum absolute atomic E-state index is 5.34. The monoisotopic (exact) mass is 127 g/mol. The zero-order chi connectivity index (χ0) is 6.27. The molecular formula is C7H13NO. The number of hydrogen-bond donors (Lipinski definition) is 1. The minimum absolute atomic E-state index is 0.692. The Morgan fingerprint density at radius 2 is 2.33 bits per heavy atom. The van der Waals surface area contributed by atoms with Gasteiger partial charge >= 0.3 is 0 Å². The zero-order valence-corrected chi connectivity index (χ0v) is 5.76. The lowest BCUT2D eigenvalue weighted by molar-refractivity contribution is 0.170. The van der Waals surface area contributed by atoms with Crippen molar-refractivity contribution in [1.29, 1.82) is 0 Å². The van der Waals surface area contributed by atoms with E-state index in [1.165, 1.54) is 6.54 Å². The molecule has 2 nitrogen and oxygen atoms in total. The van der Waals surface area contributed by atoms with Gasteiger partial charge in [-0.3, -0.25) is 0 Å². The highest BCUT2D eigenvalue weighted by Crippen LogP contribution is 2.27. The summed E-state index contributed by atoms with van der Waals surface area (Å²) in [5, 5.41) is 3.44. The molecule has 0 aromatic carbocycles. The summed E-state index contributed by atoms with van der Waals surface area (Å²) in [4.78, 5) is 0. The summed E-state index contributed by atoms with van der Waals surface area (Å²) in [5.74, 6) is 1.63. The van der Waals surface area contributed by atoms with Crippen molar-refractivity contribution in [3.8, 4) is 0 Å². The zero-order valence-electron chi connectivity index (χ0n) is 5.76. The second-order valence-electron chi connectivity index (χ2n) is 3.16. The molecule has 2 fully saturated rings. The van der Waals surface area contributed by atoms with Crippen molar-refractivity contribution < 1.29 is 4.74 Å². The highest BCUT2D eigenvalue weighted by atomic mass is 16.5. The van der Waals surface area contributed by atoms with Crippen LogP contribution in [0.4, 0.5) is 0 Å². The molecular weight excluding hydrogens is 114 g/mol. The summed E-state index contributed by atoms with van der Waals surface area (Å²) in [6.45, 7) is 5.39. The van der Waals surface area contributed by atoms with Gasteiger partial charge in [0.15, 0.2) is 0 Å². The summed E-state index contributed by atoms with van der Waals surface area (Å²) < 4.78 is 5.34. The van der Waals surface area contributed by atoms with Gasteiger partial charge in [0.25, 0.3) is 0 Å². The maximum Gasteiger partial charge on any atom is 0.0513 e. The van der Waals surface area contributed by atoms with Crippen LogP contribution in [0.1, 0.15) is 6.92 Å². The third-order valence-corrected chi connectivity index (χ3v) is 2.59. The Bertz CT molecular complexity index is 115. The van der Waals surface area contributed by atoms with E-state index >= 15 is 0 Å². The topological polar surface area (TPSA) is 21.3 Å². The maximum atomic E-state index is 5.34. The Morgan fingerprint density at radius 1 is 1.44 bits per heavy atom. The highest BCUT2D eigenvalue weighted by Gasteiger charge is 2.37. The largest absolute Gasteiger partial charge is 0.381 e. The van der Waals surface area contributed by atoms with Crippen LogP contribution in [0.2, 0.25) is 0 Å². The predicted molar refractivity (Wildman–Crippen MR) is 35.3 cm³/mol. The van der Waals surface area contributed by atoms with Crippen LogP contribution in [0.15, 0.2) is 0 Å². The summed E-state index contributed by atoms with van der Waals surface area (Å²) in [7, 11) is 0. The molecule has 1 N–H and O–H groups in total. The van der Waals surface area contributed by atoms with Gasteiger partial charge in [-0.25, -0.2) is 0 Å². The molecule has 0 bridgehead atoms. The van der Waals surface area contributed by atoms with Crippen LogP contribution in [0.25, 0.3) is 0 Å². The van der Waals surface area contributed by atoms with Gasteiger partial charge in [-0.2, -0.15) is 0 Å². The molecule has 2 heteroatoms. The first-order valence-electron chi connectivity index (χ1n) is 3.69. The van der Waals surface area contributed by atoms with Gasteiger partial charge in [-0.05, 0) is 6.92 Å². The van der Waals surface area contributed by atoms with Crippen molar-refractivity contribution in [1.82, 2.24) is 5.32 Å². The van der Waals surface area contributed by atoms with E-state index in [2.05, 4.69) is 12.2 Å². The highest BCUT2D eigenvalue weighted by molar-refractivity contribution is 4.90. The molecule has 0 aromatic rings. The molecule has 52 valence electrons. The Morgan fingerprint density at radius 3 is 3.11 bits per heavy atom. The van der Waals surface area contributed by atoms with Crippen molar-refractivity contribution in [2.24, 2.45) is 11.8 Å². The van der Waals surface area contributed by atoms with E-state index in [-0.39, 0.29) is 0 Å². The molecule has 2 heterocycles. The number of nitrogens with one attached hydrogen (secondary N) is 1. The Labute approximate surface area is 55.6 Å². The second kappa shape index (κ2) is 1.96. The molecule has 0 saturated carbocycles. The van der Waals surface area contributed by atoms with E-state index < -0.39 is 0 Å². The van der Waals surface area contributed by atoms with Gasteiger partial charge in [-0.1, -0.05) is 0 Å². The summed E-state index contributed by atoms with van der Waals surface area (Å²) in [5.41, 5.74) is 0. The minimum atomic E-state index is 0.692. The molecule has 2 aliphatic rings. The fraction of sp³-hybridized carbons (Fsp3) is 1.00. The van der Waals surface area contributed by atoms with Crippen molar-refractivity contribution in [2.75, 3.05) is 19.8 Å². The third kappa shape index (κ3) is 0.775. The predicted octanol–water partition coefficient (Wildman–Crippen LogP) is 0.241. The van der Waals surface area contributed by atoms with Crippen molar-refractivity contribution in [3.05, 3.63) is 0 Å². The van der Waals surface area contributed by atoms with E-state index in [4.69, 9.17) is 4.74 Å². The van der Waals surface area contributed by atoms with Crippen molar-refractivity contribution >= 4 is 0 Å². The van der Waals surface area contributed by atoms with Crippen LogP contribution >= 0.6 is 0 Å². The van der Waals surface area contributed by atoms with Crippen LogP contribution in [-0.4, -0.2) is 25.8 Å². The molecule has 2 aliphatic heterocycles. The number of rotatable bonds is 0. The van der Waals surface area contributed by atoms with Crippen LogP contribution < -0.4 is 5.32 Å². The van der Waals surface area contributed by atoms with Gasteiger partial charge in [0.2, 0.25) is 0 Å². The fourth-order valence-corrected chi connectivity index (χ4v) is 1.87. The molecule has 2 saturated heterocycles. The number of fused-ring (bicyclic) bond motifs is 1. The van der Waals surface area contributed by atoms with E-state index in [0.717, 1.165) is 25.0 Å². The average molecular weight is 127 g/mol. The van der Waals surface area contributed by atoms with Gasteiger partial charge in [0, 0.05) is 24.4 Å². The number of hydrogen-bond acceptors (Lipinski definition) is 2. The van der Waals surface area contributed by atoms with E-state index in [0.29, 0.717) is 6.04 Å². The average Bonchev–Trinajstić information content (AvgIpc) is 2.35. The van der Waals surface area contributed by atoms with E-state index in [1.54, 1.807) is 0 Å². The van der Waals surface area contributed by atoms with Crippen molar-refractivity contribution in [3.63, 3.8) is 0 Å². The van der Waals surface area contributed by atoms with Gasteiger partial charge in [-0.15, -0.1) is 0 Å². The lowest BCUT2D eigenvalue weighted by Crippen LogP contribution is -2.24. The lowest BCUT2D eigenvalue weighted by Gasteiger charge is -2.09. The van der Waals surface area contributed by atoms with Gasteiger partial charge < -0.3 is 10.1 Å². The fourth-order valence-electron chi connectivity index (χ4n) is 1.87. The first kappa shape index (κ1) is 5.69. The number of ether oxygens (including phenoxy) is 1. The van der Waals surface area contributed by atoms with E-state index in [9.17, 15) is 0 Å². The normalized spacial score (nSPS) is 49.7. The standard InChI is InChI=1S/C7H13NO/c1-5-7-4-9-3-6(7)2-8-5/h5-8H,2-4H2,1H3. The summed E-state index contributed by atoms with van der Waals surface area (Å²) >= 11 is 0.